The van der Waals surface area contributed by atoms with Gasteiger partial charge in [-0.25, -0.2) is 13.8 Å². The minimum absolute atomic E-state index is 0.0929. The SMILES string of the molecule is CCCCN(CC(=O)Nc1c(F)cccc1F)Cc1nc2ccccc2c(=O)[nH]1. The Bertz CT molecular complexity index is 1050. The van der Waals surface area contributed by atoms with Crippen LogP contribution < -0.4 is 10.9 Å². The Morgan fingerprint density at radius 1 is 1.14 bits per heavy atom. The molecule has 152 valence electrons. The van der Waals surface area contributed by atoms with E-state index in [1.54, 1.807) is 29.2 Å². The number of hydrogen-bond acceptors (Lipinski definition) is 4. The van der Waals surface area contributed by atoms with Crippen molar-refractivity contribution in [2.45, 2.75) is 26.3 Å². The fraction of sp³-hybridized carbons (Fsp3) is 0.286. The average molecular weight is 400 g/mol. The lowest BCUT2D eigenvalue weighted by Gasteiger charge is -2.21. The molecule has 0 aliphatic carbocycles. The Balaban J connectivity index is 1.76. The zero-order chi connectivity index (χ0) is 20.8. The molecule has 0 unspecified atom stereocenters. The van der Waals surface area contributed by atoms with Crippen molar-refractivity contribution in [2.24, 2.45) is 0 Å². The van der Waals surface area contributed by atoms with Crippen molar-refractivity contribution in [1.82, 2.24) is 14.9 Å². The molecule has 0 saturated heterocycles. The van der Waals surface area contributed by atoms with Gasteiger partial charge in [0.05, 0.1) is 24.0 Å². The van der Waals surface area contributed by atoms with Gasteiger partial charge >= 0.3 is 0 Å². The number of aromatic amines is 1. The van der Waals surface area contributed by atoms with E-state index in [1.807, 2.05) is 6.92 Å². The van der Waals surface area contributed by atoms with Crippen molar-refractivity contribution in [2.75, 3.05) is 18.4 Å². The number of fused-ring (bicyclic) bond motifs is 1. The Kier molecular flexibility index (Phi) is 6.66. The molecule has 1 amide bonds. The molecule has 2 aromatic carbocycles. The van der Waals surface area contributed by atoms with Crippen LogP contribution in [0.2, 0.25) is 0 Å². The average Bonchev–Trinajstić information content (AvgIpc) is 2.69. The summed E-state index contributed by atoms with van der Waals surface area (Å²) in [5, 5.41) is 2.78. The number of amides is 1. The number of nitrogens with one attached hydrogen (secondary N) is 2. The quantitative estimate of drug-likeness (QED) is 0.607. The van der Waals surface area contributed by atoms with E-state index < -0.39 is 23.2 Å². The lowest BCUT2D eigenvalue weighted by Crippen LogP contribution is -2.35. The molecule has 0 atom stereocenters. The van der Waals surface area contributed by atoms with Crippen LogP contribution in [0.1, 0.15) is 25.6 Å². The molecule has 3 aromatic rings. The highest BCUT2D eigenvalue weighted by molar-refractivity contribution is 5.92. The number of aromatic nitrogens is 2. The molecule has 0 radical (unpaired) electrons. The summed E-state index contributed by atoms with van der Waals surface area (Å²) in [5.41, 5.74) is -0.149. The summed E-state index contributed by atoms with van der Waals surface area (Å²) < 4.78 is 27.5. The second-order valence-corrected chi connectivity index (χ2v) is 6.74. The van der Waals surface area contributed by atoms with Gasteiger partial charge in [-0.3, -0.25) is 14.5 Å². The molecule has 0 aliphatic rings. The minimum atomic E-state index is -0.834. The Morgan fingerprint density at radius 2 is 1.86 bits per heavy atom. The topological polar surface area (TPSA) is 78.1 Å². The molecule has 8 heteroatoms. The van der Waals surface area contributed by atoms with Crippen LogP contribution in [0, 0.1) is 11.6 Å². The predicted octanol–water partition coefficient (Wildman–Crippen LogP) is 3.44. The third-order valence-electron chi connectivity index (χ3n) is 4.46. The first-order valence-electron chi connectivity index (χ1n) is 9.42. The molecule has 3 rings (SSSR count). The first-order valence-corrected chi connectivity index (χ1v) is 9.42. The molecular formula is C21H22F2N4O2. The number of para-hydroxylation sites is 2. The predicted molar refractivity (Wildman–Crippen MR) is 108 cm³/mol. The summed E-state index contributed by atoms with van der Waals surface area (Å²) in [5.74, 6) is -1.79. The summed E-state index contributed by atoms with van der Waals surface area (Å²) >= 11 is 0. The van der Waals surface area contributed by atoms with Crippen molar-refractivity contribution in [3.63, 3.8) is 0 Å². The summed E-state index contributed by atoms with van der Waals surface area (Å²) in [6.45, 7) is 2.72. The highest BCUT2D eigenvalue weighted by atomic mass is 19.1. The molecule has 29 heavy (non-hydrogen) atoms. The summed E-state index contributed by atoms with van der Waals surface area (Å²) in [7, 11) is 0. The fourth-order valence-corrected chi connectivity index (χ4v) is 3.02. The standard InChI is InChI=1S/C21H22F2N4O2/c1-2-3-11-27(13-19(28)26-20-15(22)8-6-9-16(20)23)12-18-24-17-10-5-4-7-14(17)21(29)25-18/h4-10H,2-3,11-13H2,1H3,(H,26,28)(H,24,25,29). The van der Waals surface area contributed by atoms with E-state index in [1.165, 1.54) is 6.07 Å². The second-order valence-electron chi connectivity index (χ2n) is 6.74. The van der Waals surface area contributed by atoms with E-state index >= 15 is 0 Å². The molecule has 0 aliphatic heterocycles. The van der Waals surface area contributed by atoms with Crippen LogP contribution in [0.25, 0.3) is 10.9 Å². The van der Waals surface area contributed by atoms with Crippen molar-refractivity contribution in [1.29, 1.82) is 0 Å². The van der Waals surface area contributed by atoms with E-state index in [2.05, 4.69) is 15.3 Å². The van der Waals surface area contributed by atoms with Gasteiger partial charge in [-0.2, -0.15) is 0 Å². The summed E-state index contributed by atoms with van der Waals surface area (Å²) in [4.78, 5) is 33.6. The monoisotopic (exact) mass is 400 g/mol. The first kappa shape index (κ1) is 20.6. The third-order valence-corrected chi connectivity index (χ3v) is 4.46. The van der Waals surface area contributed by atoms with Crippen molar-refractivity contribution < 1.29 is 13.6 Å². The van der Waals surface area contributed by atoms with Gasteiger partial charge in [0.15, 0.2) is 0 Å². The number of H-pyrrole nitrogens is 1. The third kappa shape index (κ3) is 5.23. The van der Waals surface area contributed by atoms with Gasteiger partial charge < -0.3 is 10.3 Å². The molecule has 1 heterocycles. The van der Waals surface area contributed by atoms with Crippen LogP contribution in [-0.2, 0) is 11.3 Å². The molecule has 2 N–H and O–H groups in total. The van der Waals surface area contributed by atoms with Gasteiger partial charge in [-0.1, -0.05) is 31.5 Å². The second kappa shape index (κ2) is 9.38. The molecule has 1 aromatic heterocycles. The van der Waals surface area contributed by atoms with Crippen LogP contribution in [0.5, 0.6) is 0 Å². The zero-order valence-electron chi connectivity index (χ0n) is 16.0. The minimum Gasteiger partial charge on any atom is -0.320 e. The number of carbonyl (C=O) groups excluding carboxylic acids is 1. The molecule has 0 fully saturated rings. The van der Waals surface area contributed by atoms with Crippen molar-refractivity contribution in [3.05, 3.63) is 70.3 Å². The molecule has 0 bridgehead atoms. The number of rotatable bonds is 8. The van der Waals surface area contributed by atoms with Crippen LogP contribution in [0.15, 0.2) is 47.3 Å². The molecule has 0 spiro atoms. The number of benzene rings is 2. The van der Waals surface area contributed by atoms with E-state index in [-0.39, 0.29) is 18.6 Å². The normalized spacial score (nSPS) is 11.2. The Morgan fingerprint density at radius 3 is 2.59 bits per heavy atom. The Labute approximate surface area is 166 Å². The maximum absolute atomic E-state index is 13.8. The Hall–Kier alpha value is -3.13. The van der Waals surface area contributed by atoms with E-state index in [9.17, 15) is 18.4 Å². The van der Waals surface area contributed by atoms with Crippen LogP contribution >= 0.6 is 0 Å². The van der Waals surface area contributed by atoms with Gasteiger partial charge in [-0.15, -0.1) is 0 Å². The highest BCUT2D eigenvalue weighted by Crippen LogP contribution is 2.18. The van der Waals surface area contributed by atoms with Crippen LogP contribution in [-0.4, -0.2) is 33.9 Å². The largest absolute Gasteiger partial charge is 0.320 e. The number of carbonyl (C=O) groups is 1. The van der Waals surface area contributed by atoms with Crippen molar-refractivity contribution in [3.8, 4) is 0 Å². The molecule has 0 saturated carbocycles. The van der Waals surface area contributed by atoms with Gasteiger partial charge in [0.25, 0.3) is 5.56 Å². The molecule has 6 nitrogen and oxygen atoms in total. The number of anilines is 1. The van der Waals surface area contributed by atoms with E-state index in [0.717, 1.165) is 25.0 Å². The van der Waals surface area contributed by atoms with Gasteiger partial charge in [0.2, 0.25) is 5.91 Å². The lowest BCUT2D eigenvalue weighted by molar-refractivity contribution is -0.117. The van der Waals surface area contributed by atoms with Gasteiger partial charge in [0.1, 0.15) is 23.1 Å². The van der Waals surface area contributed by atoms with Crippen LogP contribution in [0.4, 0.5) is 14.5 Å². The van der Waals surface area contributed by atoms with E-state index in [0.29, 0.717) is 23.3 Å². The maximum atomic E-state index is 13.8. The number of halogens is 2. The van der Waals surface area contributed by atoms with Gasteiger partial charge in [-0.05, 0) is 37.2 Å². The lowest BCUT2D eigenvalue weighted by atomic mass is 10.2. The van der Waals surface area contributed by atoms with Gasteiger partial charge in [0, 0.05) is 0 Å². The highest BCUT2D eigenvalue weighted by Gasteiger charge is 2.16. The first-order chi connectivity index (χ1) is 14.0. The summed E-state index contributed by atoms with van der Waals surface area (Å²) in [6, 6.07) is 10.4. The van der Waals surface area contributed by atoms with Crippen LogP contribution in [0.3, 0.4) is 0 Å². The summed E-state index contributed by atoms with van der Waals surface area (Å²) in [6.07, 6.45) is 1.72. The number of unbranched alkanes of at least 4 members (excludes halogenated alkanes) is 1. The smallest absolute Gasteiger partial charge is 0.258 e. The fourth-order valence-electron chi connectivity index (χ4n) is 3.02. The maximum Gasteiger partial charge on any atom is 0.258 e. The molecular weight excluding hydrogens is 378 g/mol. The number of nitrogens with zero attached hydrogens (tertiary/aromatic N) is 2. The van der Waals surface area contributed by atoms with E-state index in [4.69, 9.17) is 0 Å². The van der Waals surface area contributed by atoms with Crippen molar-refractivity contribution >= 4 is 22.5 Å². The zero-order valence-corrected chi connectivity index (χ0v) is 16.0. The number of hydrogen-bond donors (Lipinski definition) is 2.